The van der Waals surface area contributed by atoms with Gasteiger partial charge in [-0.15, -0.1) is 5.73 Å². The van der Waals surface area contributed by atoms with E-state index in [1.54, 1.807) is 6.08 Å². The molecule has 1 aromatic rings. The van der Waals surface area contributed by atoms with Gasteiger partial charge in [0.15, 0.2) is 0 Å². The van der Waals surface area contributed by atoms with Crippen LogP contribution < -0.4 is 5.32 Å². The van der Waals surface area contributed by atoms with E-state index in [0.717, 1.165) is 30.8 Å². The molecule has 164 valence electrons. The first-order valence-corrected chi connectivity index (χ1v) is 11.4. The van der Waals surface area contributed by atoms with Gasteiger partial charge in [-0.3, -0.25) is 0 Å². The van der Waals surface area contributed by atoms with Gasteiger partial charge in [-0.25, -0.2) is 0 Å². The number of unbranched alkanes of at least 4 members (excludes halogenated alkanes) is 2. The van der Waals surface area contributed by atoms with Crippen molar-refractivity contribution in [2.24, 2.45) is 0 Å². The molecule has 4 heteroatoms. The number of nitrogens with zero attached hydrogens (tertiary/aromatic N) is 1. The summed E-state index contributed by atoms with van der Waals surface area (Å²) in [6, 6.07) is 8.68. The maximum Gasteiger partial charge on any atom is 0.127 e. The van der Waals surface area contributed by atoms with Crippen LogP contribution >= 0.6 is 0 Å². The van der Waals surface area contributed by atoms with Crippen LogP contribution in [0.25, 0.3) is 5.57 Å². The lowest BCUT2D eigenvalue weighted by molar-refractivity contribution is 0.152. The number of benzene rings is 1. The fraction of sp³-hybridized carbons (Fsp3) is 0.500. The Kier molecular flexibility index (Phi) is 11.9. The summed E-state index contributed by atoms with van der Waals surface area (Å²) in [5.74, 6) is 0.711. The SMILES string of the molecule is CCCCN(CCCC)CCNCc1ccc(C2=CC=C(OCCO)C=C=C2)cc1. The number of allylic oxidation sites excluding steroid dienone is 4. The Balaban J connectivity index is 1.81. The highest BCUT2D eigenvalue weighted by Gasteiger charge is 2.04. The molecule has 1 aromatic carbocycles. The Bertz CT molecular complexity index is 720. The highest BCUT2D eigenvalue weighted by atomic mass is 16.5. The number of hydrogen-bond acceptors (Lipinski definition) is 4. The van der Waals surface area contributed by atoms with E-state index in [0.29, 0.717) is 12.4 Å². The lowest BCUT2D eigenvalue weighted by atomic mass is 10.0. The second-order valence-corrected chi connectivity index (χ2v) is 7.64. The first kappa shape index (κ1) is 24.2. The molecule has 0 aliphatic heterocycles. The second-order valence-electron chi connectivity index (χ2n) is 7.64. The predicted molar refractivity (Wildman–Crippen MR) is 126 cm³/mol. The predicted octanol–water partition coefficient (Wildman–Crippen LogP) is 4.68. The summed E-state index contributed by atoms with van der Waals surface area (Å²) in [6.07, 6.45) is 12.8. The minimum absolute atomic E-state index is 0.0104. The zero-order valence-electron chi connectivity index (χ0n) is 18.7. The van der Waals surface area contributed by atoms with Gasteiger partial charge in [0.25, 0.3) is 0 Å². The molecule has 4 nitrogen and oxygen atoms in total. The van der Waals surface area contributed by atoms with E-state index in [4.69, 9.17) is 9.84 Å². The molecule has 0 bridgehead atoms. The number of aliphatic hydroxyl groups excluding tert-OH is 1. The first-order chi connectivity index (χ1) is 14.8. The lowest BCUT2D eigenvalue weighted by Gasteiger charge is -2.22. The molecule has 30 heavy (non-hydrogen) atoms. The molecule has 0 saturated carbocycles. The van der Waals surface area contributed by atoms with Gasteiger partial charge in [-0.2, -0.15) is 0 Å². The average molecular weight is 411 g/mol. The van der Waals surface area contributed by atoms with Crippen LogP contribution in [0.15, 0.2) is 60.1 Å². The quantitative estimate of drug-likeness (QED) is 0.326. The largest absolute Gasteiger partial charge is 0.491 e. The molecule has 0 atom stereocenters. The molecule has 1 aliphatic carbocycles. The summed E-state index contributed by atoms with van der Waals surface area (Å²) in [4.78, 5) is 2.59. The number of rotatable bonds is 15. The van der Waals surface area contributed by atoms with Gasteiger partial charge in [0.1, 0.15) is 12.4 Å². The summed E-state index contributed by atoms with van der Waals surface area (Å²) in [5.41, 5.74) is 6.69. The molecule has 0 aromatic heterocycles. The number of ether oxygens (including phenoxy) is 1. The van der Waals surface area contributed by atoms with Crippen LogP contribution in [-0.4, -0.2) is 49.4 Å². The highest BCUT2D eigenvalue weighted by Crippen LogP contribution is 2.19. The summed E-state index contributed by atoms with van der Waals surface area (Å²) in [6.45, 7) is 10.3. The summed E-state index contributed by atoms with van der Waals surface area (Å²) in [5, 5.41) is 12.5. The Morgan fingerprint density at radius 1 is 0.967 bits per heavy atom. The van der Waals surface area contributed by atoms with Crippen LogP contribution in [0.3, 0.4) is 0 Å². The monoisotopic (exact) mass is 410 g/mol. The molecule has 0 unspecified atom stereocenters. The minimum atomic E-state index is 0.0104. The van der Waals surface area contributed by atoms with Gasteiger partial charge in [-0.05, 0) is 54.8 Å². The Morgan fingerprint density at radius 2 is 1.70 bits per heavy atom. The standard InChI is InChI=1S/C26H38N2O2/c1-3-5-17-28(18-6-4-2)19-16-27-22-23-10-12-25(13-11-23)24-8-7-9-26(15-14-24)30-21-20-29/h8-15,27,29H,3-6,16-22H2,1-2H3. The molecule has 2 rings (SSSR count). The van der Waals surface area contributed by atoms with E-state index < -0.39 is 0 Å². The number of aliphatic hydroxyl groups is 1. The molecule has 1 aliphatic rings. The average Bonchev–Trinajstić information content (AvgIpc) is 3.02. The van der Waals surface area contributed by atoms with Crippen LogP contribution in [0, 0.1) is 0 Å². The van der Waals surface area contributed by atoms with E-state index >= 15 is 0 Å². The highest BCUT2D eigenvalue weighted by molar-refractivity contribution is 5.75. The summed E-state index contributed by atoms with van der Waals surface area (Å²) >= 11 is 0. The van der Waals surface area contributed by atoms with Crippen molar-refractivity contribution in [3.05, 3.63) is 71.2 Å². The molecule has 0 spiro atoms. The summed E-state index contributed by atoms with van der Waals surface area (Å²) < 4.78 is 5.45. The fourth-order valence-electron chi connectivity index (χ4n) is 3.30. The van der Waals surface area contributed by atoms with Crippen molar-refractivity contribution in [3.63, 3.8) is 0 Å². The van der Waals surface area contributed by atoms with E-state index in [1.807, 2.05) is 18.2 Å². The van der Waals surface area contributed by atoms with Crippen LogP contribution in [0.5, 0.6) is 0 Å². The molecule has 0 fully saturated rings. The zero-order chi connectivity index (χ0) is 21.4. The van der Waals surface area contributed by atoms with Crippen LogP contribution in [0.4, 0.5) is 0 Å². The van der Waals surface area contributed by atoms with E-state index in [1.165, 1.54) is 44.3 Å². The molecular weight excluding hydrogens is 372 g/mol. The van der Waals surface area contributed by atoms with Crippen molar-refractivity contribution in [1.29, 1.82) is 0 Å². The third-order valence-corrected chi connectivity index (χ3v) is 5.13. The molecule has 0 radical (unpaired) electrons. The lowest BCUT2D eigenvalue weighted by Crippen LogP contribution is -2.33. The first-order valence-electron chi connectivity index (χ1n) is 11.4. The number of nitrogens with one attached hydrogen (secondary N) is 1. The molecule has 0 saturated heterocycles. The van der Waals surface area contributed by atoms with Crippen molar-refractivity contribution >= 4 is 5.57 Å². The van der Waals surface area contributed by atoms with E-state index in [-0.39, 0.29) is 6.61 Å². The topological polar surface area (TPSA) is 44.7 Å². The van der Waals surface area contributed by atoms with Crippen LogP contribution in [-0.2, 0) is 11.3 Å². The van der Waals surface area contributed by atoms with Gasteiger partial charge in [0.2, 0.25) is 0 Å². The van der Waals surface area contributed by atoms with Gasteiger partial charge in [0.05, 0.1) is 6.61 Å². The van der Waals surface area contributed by atoms with Crippen LogP contribution in [0.1, 0.15) is 50.7 Å². The van der Waals surface area contributed by atoms with Gasteiger partial charge < -0.3 is 20.1 Å². The Morgan fingerprint density at radius 3 is 2.37 bits per heavy atom. The zero-order valence-corrected chi connectivity index (χ0v) is 18.7. The third-order valence-electron chi connectivity index (χ3n) is 5.13. The third kappa shape index (κ3) is 9.15. The molecule has 2 N–H and O–H groups in total. The van der Waals surface area contributed by atoms with Crippen molar-refractivity contribution < 1.29 is 9.84 Å². The summed E-state index contributed by atoms with van der Waals surface area (Å²) in [7, 11) is 0. The van der Waals surface area contributed by atoms with E-state index in [9.17, 15) is 0 Å². The second kappa shape index (κ2) is 14.8. The van der Waals surface area contributed by atoms with Crippen molar-refractivity contribution in [2.75, 3.05) is 39.4 Å². The van der Waals surface area contributed by atoms with Gasteiger partial charge in [0, 0.05) is 25.7 Å². The molecule has 0 amide bonds. The van der Waals surface area contributed by atoms with Gasteiger partial charge in [-0.1, -0.05) is 57.0 Å². The van der Waals surface area contributed by atoms with Crippen molar-refractivity contribution in [2.45, 2.75) is 46.1 Å². The number of hydrogen-bond donors (Lipinski definition) is 2. The fourth-order valence-corrected chi connectivity index (χ4v) is 3.30. The Hall–Kier alpha value is -2.10. The maximum absolute atomic E-state index is 8.88. The van der Waals surface area contributed by atoms with Gasteiger partial charge >= 0.3 is 0 Å². The van der Waals surface area contributed by atoms with Crippen LogP contribution in [0.2, 0.25) is 0 Å². The molecular formula is C26H38N2O2. The molecule has 0 heterocycles. The van der Waals surface area contributed by atoms with Crippen molar-refractivity contribution in [1.82, 2.24) is 10.2 Å². The minimum Gasteiger partial charge on any atom is -0.491 e. The van der Waals surface area contributed by atoms with Crippen molar-refractivity contribution in [3.8, 4) is 0 Å². The smallest absolute Gasteiger partial charge is 0.127 e. The van der Waals surface area contributed by atoms with E-state index in [2.05, 4.69) is 54.1 Å². The Labute approximate surface area is 182 Å². The normalized spacial score (nSPS) is 13.3. The maximum atomic E-state index is 8.88.